The molecule has 0 spiro atoms. The Balaban J connectivity index is 1.54. The SMILES string of the molecule is COc1ccccc1CN1C(=O)c2cc3sccc3n2CC1(C)C(=O)NC1CCCC(C)C1C. The molecule has 5 rings (SSSR count). The van der Waals surface area contributed by atoms with Crippen molar-refractivity contribution < 1.29 is 14.3 Å². The Hall–Kier alpha value is -2.80. The number of nitrogens with one attached hydrogen (secondary N) is 1. The van der Waals surface area contributed by atoms with E-state index in [4.69, 9.17) is 4.74 Å². The van der Waals surface area contributed by atoms with Crippen LogP contribution in [-0.4, -0.2) is 40.0 Å². The van der Waals surface area contributed by atoms with E-state index in [0.29, 0.717) is 30.6 Å². The quantitative estimate of drug-likeness (QED) is 0.556. The Morgan fingerprint density at radius 2 is 2.03 bits per heavy atom. The smallest absolute Gasteiger partial charge is 0.271 e. The fourth-order valence-corrected chi connectivity index (χ4v) is 6.46. The predicted molar refractivity (Wildman–Crippen MR) is 135 cm³/mol. The van der Waals surface area contributed by atoms with Crippen LogP contribution in [0.25, 0.3) is 10.2 Å². The summed E-state index contributed by atoms with van der Waals surface area (Å²) in [5.74, 6) is 1.50. The van der Waals surface area contributed by atoms with Crippen LogP contribution in [0.2, 0.25) is 0 Å². The average Bonchev–Trinajstić information content (AvgIpc) is 3.42. The number of para-hydroxylation sites is 1. The van der Waals surface area contributed by atoms with E-state index in [1.807, 2.05) is 53.3 Å². The van der Waals surface area contributed by atoms with E-state index in [1.54, 1.807) is 23.3 Å². The van der Waals surface area contributed by atoms with Gasteiger partial charge in [-0.1, -0.05) is 44.9 Å². The van der Waals surface area contributed by atoms with Crippen LogP contribution in [0.1, 0.15) is 56.1 Å². The van der Waals surface area contributed by atoms with E-state index in [9.17, 15) is 9.59 Å². The zero-order valence-electron chi connectivity index (χ0n) is 20.3. The van der Waals surface area contributed by atoms with Gasteiger partial charge >= 0.3 is 0 Å². The first-order chi connectivity index (χ1) is 16.3. The van der Waals surface area contributed by atoms with Crippen molar-refractivity contribution in [3.05, 3.63) is 53.0 Å². The molecule has 1 fully saturated rings. The van der Waals surface area contributed by atoms with Crippen molar-refractivity contribution in [2.75, 3.05) is 7.11 Å². The molecular weight excluding hydrogens is 446 g/mol. The van der Waals surface area contributed by atoms with Gasteiger partial charge in [-0.2, -0.15) is 0 Å². The zero-order chi connectivity index (χ0) is 24.0. The minimum absolute atomic E-state index is 0.0792. The summed E-state index contributed by atoms with van der Waals surface area (Å²) < 4.78 is 8.66. The van der Waals surface area contributed by atoms with Crippen LogP contribution in [0.15, 0.2) is 41.8 Å². The number of benzene rings is 1. The third-order valence-corrected chi connectivity index (χ3v) is 8.94. The summed E-state index contributed by atoms with van der Waals surface area (Å²) in [6.07, 6.45) is 3.30. The van der Waals surface area contributed by atoms with E-state index in [0.717, 1.165) is 34.4 Å². The molecule has 1 saturated carbocycles. The second-order valence-electron chi connectivity index (χ2n) is 10.1. The summed E-state index contributed by atoms with van der Waals surface area (Å²) in [4.78, 5) is 29.7. The van der Waals surface area contributed by atoms with Gasteiger partial charge in [-0.3, -0.25) is 9.59 Å². The number of thiophene rings is 1. The molecule has 2 aromatic heterocycles. The van der Waals surface area contributed by atoms with Gasteiger partial charge in [-0.05, 0) is 48.8 Å². The Bertz CT molecular complexity index is 1230. The first-order valence-corrected chi connectivity index (χ1v) is 13.0. The lowest BCUT2D eigenvalue weighted by Gasteiger charge is -2.45. The lowest BCUT2D eigenvalue weighted by Crippen LogP contribution is -2.65. The number of carbonyl (C=O) groups is 2. The van der Waals surface area contributed by atoms with Crippen molar-refractivity contribution in [3.63, 3.8) is 0 Å². The summed E-state index contributed by atoms with van der Waals surface area (Å²) in [5.41, 5.74) is 1.52. The van der Waals surface area contributed by atoms with Crippen LogP contribution in [0.3, 0.4) is 0 Å². The number of methoxy groups -OCH3 is 1. The summed E-state index contributed by atoms with van der Waals surface area (Å²) in [5, 5.41) is 5.40. The van der Waals surface area contributed by atoms with Crippen LogP contribution in [0, 0.1) is 11.8 Å². The number of carbonyl (C=O) groups excluding carboxylic acids is 2. The van der Waals surface area contributed by atoms with Crippen molar-refractivity contribution in [1.29, 1.82) is 0 Å². The Labute approximate surface area is 204 Å². The van der Waals surface area contributed by atoms with Gasteiger partial charge in [0.25, 0.3) is 5.91 Å². The average molecular weight is 480 g/mol. The molecule has 2 amide bonds. The molecule has 0 saturated heterocycles. The molecule has 7 heteroatoms. The number of rotatable bonds is 5. The topological polar surface area (TPSA) is 63.6 Å². The van der Waals surface area contributed by atoms with E-state index < -0.39 is 5.54 Å². The highest BCUT2D eigenvalue weighted by atomic mass is 32.1. The minimum atomic E-state index is -1.03. The highest BCUT2D eigenvalue weighted by molar-refractivity contribution is 7.17. The van der Waals surface area contributed by atoms with Crippen molar-refractivity contribution in [1.82, 2.24) is 14.8 Å². The summed E-state index contributed by atoms with van der Waals surface area (Å²) >= 11 is 1.62. The number of amides is 2. The second kappa shape index (κ2) is 8.77. The monoisotopic (exact) mass is 479 g/mol. The highest BCUT2D eigenvalue weighted by Crippen LogP contribution is 2.37. The first kappa shape index (κ1) is 23.0. The van der Waals surface area contributed by atoms with Crippen LogP contribution >= 0.6 is 11.3 Å². The lowest BCUT2D eigenvalue weighted by atomic mass is 9.77. The molecule has 4 atom stereocenters. The molecular formula is C27H33N3O3S. The van der Waals surface area contributed by atoms with Crippen molar-refractivity contribution >= 4 is 33.4 Å². The van der Waals surface area contributed by atoms with Crippen molar-refractivity contribution in [3.8, 4) is 5.75 Å². The maximum Gasteiger partial charge on any atom is 0.271 e. The molecule has 0 bridgehead atoms. The highest BCUT2D eigenvalue weighted by Gasteiger charge is 2.49. The van der Waals surface area contributed by atoms with E-state index in [-0.39, 0.29) is 17.9 Å². The Morgan fingerprint density at radius 1 is 1.24 bits per heavy atom. The summed E-state index contributed by atoms with van der Waals surface area (Å²) in [6.45, 7) is 7.14. The third-order valence-electron chi connectivity index (χ3n) is 8.08. The molecule has 1 aromatic carbocycles. The van der Waals surface area contributed by atoms with Gasteiger partial charge in [0.05, 0.1) is 30.4 Å². The standard InChI is InChI=1S/C27H33N3O3S/c1-17-8-7-10-20(18(17)2)28-26(32)27(3)16-29-21-12-13-34-24(21)14-22(29)25(31)30(27)15-19-9-5-6-11-23(19)33-4/h5-6,9,11-14,17-18,20H,7-8,10,15-16H2,1-4H3,(H,28,32). The number of fused-ring (bicyclic) bond motifs is 3. The minimum Gasteiger partial charge on any atom is -0.496 e. The van der Waals surface area contributed by atoms with E-state index in [1.165, 1.54) is 6.42 Å². The molecule has 6 nitrogen and oxygen atoms in total. The summed E-state index contributed by atoms with van der Waals surface area (Å²) in [6, 6.07) is 11.8. The molecule has 1 N–H and O–H groups in total. The first-order valence-electron chi connectivity index (χ1n) is 12.1. The number of hydrogen-bond donors (Lipinski definition) is 1. The van der Waals surface area contributed by atoms with Crippen LogP contribution in [0.5, 0.6) is 5.75 Å². The fraction of sp³-hybridized carbons (Fsp3) is 0.481. The van der Waals surface area contributed by atoms with Gasteiger partial charge in [0.1, 0.15) is 17.0 Å². The third kappa shape index (κ3) is 3.70. The van der Waals surface area contributed by atoms with Gasteiger partial charge in [0, 0.05) is 11.6 Å². The number of ether oxygens (including phenoxy) is 1. The number of hydrogen-bond acceptors (Lipinski definition) is 4. The predicted octanol–water partition coefficient (Wildman–Crippen LogP) is 5.07. The molecule has 2 aliphatic rings. The van der Waals surface area contributed by atoms with Crippen molar-refractivity contribution in [2.24, 2.45) is 11.8 Å². The molecule has 4 unspecified atom stereocenters. The van der Waals surface area contributed by atoms with E-state index in [2.05, 4.69) is 19.2 Å². The van der Waals surface area contributed by atoms with Crippen molar-refractivity contribution in [2.45, 2.75) is 64.7 Å². The molecule has 1 aliphatic heterocycles. The second-order valence-corrected chi connectivity index (χ2v) is 11.1. The maximum absolute atomic E-state index is 14.0. The van der Waals surface area contributed by atoms with Crippen LogP contribution < -0.4 is 10.1 Å². The molecule has 3 heterocycles. The molecule has 180 valence electrons. The Kier molecular flexibility index (Phi) is 5.92. The Morgan fingerprint density at radius 3 is 2.82 bits per heavy atom. The van der Waals surface area contributed by atoms with E-state index >= 15 is 0 Å². The van der Waals surface area contributed by atoms with Gasteiger partial charge in [0.2, 0.25) is 5.91 Å². The van der Waals surface area contributed by atoms with Gasteiger partial charge in [-0.15, -0.1) is 11.3 Å². The zero-order valence-corrected chi connectivity index (χ0v) is 21.2. The maximum atomic E-state index is 14.0. The molecule has 34 heavy (non-hydrogen) atoms. The lowest BCUT2D eigenvalue weighted by molar-refractivity contribution is -0.134. The molecule has 3 aromatic rings. The van der Waals surface area contributed by atoms with Gasteiger partial charge < -0.3 is 19.5 Å². The van der Waals surface area contributed by atoms with Gasteiger partial charge in [-0.25, -0.2) is 0 Å². The number of nitrogens with zero attached hydrogens (tertiary/aromatic N) is 2. The summed E-state index contributed by atoms with van der Waals surface area (Å²) in [7, 11) is 1.63. The number of aromatic nitrogens is 1. The molecule has 1 aliphatic carbocycles. The van der Waals surface area contributed by atoms with Crippen LogP contribution in [-0.2, 0) is 17.9 Å². The molecule has 0 radical (unpaired) electrons. The largest absolute Gasteiger partial charge is 0.496 e. The fourth-order valence-electron chi connectivity index (χ4n) is 5.63. The van der Waals surface area contributed by atoms with Gasteiger partial charge in [0.15, 0.2) is 0 Å². The normalized spacial score (nSPS) is 27.0. The van der Waals surface area contributed by atoms with Crippen LogP contribution in [0.4, 0.5) is 0 Å².